The van der Waals surface area contributed by atoms with E-state index < -0.39 is 10.0 Å². The van der Waals surface area contributed by atoms with Gasteiger partial charge in [0.2, 0.25) is 10.0 Å². The van der Waals surface area contributed by atoms with Crippen LogP contribution in [0.25, 0.3) is 0 Å². The number of aliphatic hydroxyl groups is 1. The van der Waals surface area contributed by atoms with E-state index in [1.54, 1.807) is 24.3 Å². The molecule has 1 fully saturated rings. The van der Waals surface area contributed by atoms with Crippen molar-refractivity contribution in [3.8, 4) is 0 Å². The van der Waals surface area contributed by atoms with Crippen LogP contribution in [0, 0.1) is 0 Å². The molecule has 0 unspecified atom stereocenters. The summed E-state index contributed by atoms with van der Waals surface area (Å²) >= 11 is 0. The second-order valence-electron chi connectivity index (χ2n) is 4.42. The molecule has 0 bridgehead atoms. The van der Waals surface area contributed by atoms with E-state index in [0.29, 0.717) is 6.54 Å². The molecule has 3 N–H and O–H groups in total. The van der Waals surface area contributed by atoms with Crippen molar-refractivity contribution in [2.45, 2.75) is 30.3 Å². The lowest BCUT2D eigenvalue weighted by Gasteiger charge is -2.20. The number of nitrogens with two attached hydrogens (primary N) is 1. The largest absolute Gasteiger partial charge is 0.395 e. The number of rotatable bonds is 6. The monoisotopic (exact) mass is 270 g/mol. The van der Waals surface area contributed by atoms with Crippen LogP contribution in [0.15, 0.2) is 29.2 Å². The molecule has 1 aliphatic rings. The summed E-state index contributed by atoms with van der Waals surface area (Å²) in [5.74, 6) is 0. The minimum atomic E-state index is -3.49. The molecule has 1 aromatic carbocycles. The highest BCUT2D eigenvalue weighted by Crippen LogP contribution is 2.31. The first-order valence-electron chi connectivity index (χ1n) is 6.01. The standard InChI is InChI=1S/C12H18N2O3S/c13-9-10-1-5-12(6-2-10)18(16,17)14(7-8-15)11-3-4-11/h1-2,5-6,11,15H,3-4,7-9,13H2. The van der Waals surface area contributed by atoms with Crippen LogP contribution in [0.5, 0.6) is 0 Å². The van der Waals surface area contributed by atoms with Gasteiger partial charge in [0.25, 0.3) is 0 Å². The molecule has 0 amide bonds. The Hall–Kier alpha value is -0.950. The number of nitrogens with zero attached hydrogens (tertiary/aromatic N) is 1. The Morgan fingerprint density at radius 1 is 1.28 bits per heavy atom. The Balaban J connectivity index is 2.27. The molecule has 0 aliphatic heterocycles. The summed E-state index contributed by atoms with van der Waals surface area (Å²) in [5.41, 5.74) is 6.38. The molecule has 2 rings (SSSR count). The zero-order valence-electron chi connectivity index (χ0n) is 10.1. The summed E-state index contributed by atoms with van der Waals surface area (Å²) in [6.45, 7) is 0.394. The van der Waals surface area contributed by atoms with Gasteiger partial charge in [-0.05, 0) is 30.5 Å². The Morgan fingerprint density at radius 3 is 2.33 bits per heavy atom. The second kappa shape index (κ2) is 5.36. The van der Waals surface area contributed by atoms with E-state index in [9.17, 15) is 8.42 Å². The summed E-state index contributed by atoms with van der Waals surface area (Å²) in [6.07, 6.45) is 1.75. The van der Waals surface area contributed by atoms with Crippen LogP contribution in [0.2, 0.25) is 0 Å². The van der Waals surface area contributed by atoms with E-state index in [1.165, 1.54) is 4.31 Å². The predicted molar refractivity (Wildman–Crippen MR) is 68.3 cm³/mol. The molecule has 5 nitrogen and oxygen atoms in total. The van der Waals surface area contributed by atoms with E-state index in [-0.39, 0.29) is 24.1 Å². The number of sulfonamides is 1. The van der Waals surface area contributed by atoms with Crippen molar-refractivity contribution in [1.82, 2.24) is 4.31 Å². The Bertz CT molecular complexity index is 495. The lowest BCUT2D eigenvalue weighted by atomic mass is 10.2. The van der Waals surface area contributed by atoms with E-state index in [4.69, 9.17) is 10.8 Å². The maximum absolute atomic E-state index is 12.4. The fourth-order valence-corrected chi connectivity index (χ4v) is 3.57. The summed E-state index contributed by atoms with van der Waals surface area (Å²) in [4.78, 5) is 0.264. The third-order valence-electron chi connectivity index (χ3n) is 3.04. The van der Waals surface area contributed by atoms with Crippen LogP contribution >= 0.6 is 0 Å². The van der Waals surface area contributed by atoms with Crippen LogP contribution in [0.4, 0.5) is 0 Å². The molecule has 18 heavy (non-hydrogen) atoms. The van der Waals surface area contributed by atoms with Gasteiger partial charge in [-0.15, -0.1) is 0 Å². The Labute approximate surface area is 107 Å². The van der Waals surface area contributed by atoms with Crippen LogP contribution in [-0.4, -0.2) is 37.0 Å². The third-order valence-corrected chi connectivity index (χ3v) is 5.01. The quantitative estimate of drug-likeness (QED) is 0.778. The highest BCUT2D eigenvalue weighted by atomic mass is 32.2. The second-order valence-corrected chi connectivity index (χ2v) is 6.31. The summed E-state index contributed by atoms with van der Waals surface area (Å²) < 4.78 is 26.2. The average Bonchev–Trinajstić information content (AvgIpc) is 3.20. The number of hydrogen-bond donors (Lipinski definition) is 2. The van der Waals surface area contributed by atoms with Crippen molar-refractivity contribution in [1.29, 1.82) is 0 Å². The van der Waals surface area contributed by atoms with Crippen molar-refractivity contribution in [3.63, 3.8) is 0 Å². The third kappa shape index (κ3) is 2.72. The molecule has 6 heteroatoms. The molecule has 1 aliphatic carbocycles. The highest BCUT2D eigenvalue weighted by Gasteiger charge is 2.37. The average molecular weight is 270 g/mol. The number of hydrogen-bond acceptors (Lipinski definition) is 4. The molecule has 0 radical (unpaired) electrons. The molecule has 1 saturated carbocycles. The molecule has 0 spiro atoms. The first kappa shape index (κ1) is 13.5. The Kier molecular flexibility index (Phi) is 4.01. The minimum Gasteiger partial charge on any atom is -0.395 e. The SMILES string of the molecule is NCc1ccc(S(=O)(=O)N(CCO)C2CC2)cc1. The first-order chi connectivity index (χ1) is 8.59. The van der Waals surface area contributed by atoms with Gasteiger partial charge in [0.05, 0.1) is 11.5 Å². The molecule has 0 atom stereocenters. The van der Waals surface area contributed by atoms with Crippen LogP contribution < -0.4 is 5.73 Å². The smallest absolute Gasteiger partial charge is 0.243 e. The summed E-state index contributed by atoms with van der Waals surface area (Å²) in [7, 11) is -3.49. The summed E-state index contributed by atoms with van der Waals surface area (Å²) in [5, 5.41) is 8.98. The normalized spacial score (nSPS) is 16.2. The molecule has 0 saturated heterocycles. The Morgan fingerprint density at radius 2 is 1.89 bits per heavy atom. The molecule has 0 aromatic heterocycles. The maximum atomic E-state index is 12.4. The zero-order chi connectivity index (χ0) is 13.2. The van der Waals surface area contributed by atoms with Gasteiger partial charge < -0.3 is 10.8 Å². The van der Waals surface area contributed by atoms with Gasteiger partial charge >= 0.3 is 0 Å². The summed E-state index contributed by atoms with van der Waals surface area (Å²) in [6, 6.07) is 6.64. The van der Waals surface area contributed by atoms with Crippen molar-refractivity contribution in [2.75, 3.05) is 13.2 Å². The number of benzene rings is 1. The van der Waals surface area contributed by atoms with Crippen molar-refractivity contribution in [3.05, 3.63) is 29.8 Å². The van der Waals surface area contributed by atoms with Crippen molar-refractivity contribution < 1.29 is 13.5 Å². The fourth-order valence-electron chi connectivity index (χ4n) is 1.89. The van der Waals surface area contributed by atoms with E-state index in [0.717, 1.165) is 18.4 Å². The molecular formula is C12H18N2O3S. The van der Waals surface area contributed by atoms with Gasteiger partial charge in [-0.2, -0.15) is 4.31 Å². The zero-order valence-corrected chi connectivity index (χ0v) is 10.9. The molecule has 1 aromatic rings. The molecular weight excluding hydrogens is 252 g/mol. The van der Waals surface area contributed by atoms with Crippen LogP contribution in [0.3, 0.4) is 0 Å². The minimum absolute atomic E-state index is 0.0522. The van der Waals surface area contributed by atoms with Crippen LogP contribution in [-0.2, 0) is 16.6 Å². The number of aliphatic hydroxyl groups excluding tert-OH is 1. The van der Waals surface area contributed by atoms with Gasteiger partial charge in [0.1, 0.15) is 0 Å². The fraction of sp³-hybridized carbons (Fsp3) is 0.500. The predicted octanol–water partition coefficient (Wildman–Crippen LogP) is 0.291. The van der Waals surface area contributed by atoms with E-state index in [2.05, 4.69) is 0 Å². The van der Waals surface area contributed by atoms with E-state index in [1.807, 2.05) is 0 Å². The van der Waals surface area contributed by atoms with E-state index >= 15 is 0 Å². The first-order valence-corrected chi connectivity index (χ1v) is 7.45. The van der Waals surface area contributed by atoms with Gasteiger partial charge in [0, 0.05) is 19.1 Å². The van der Waals surface area contributed by atoms with Crippen LogP contribution in [0.1, 0.15) is 18.4 Å². The maximum Gasteiger partial charge on any atom is 0.243 e. The molecule has 0 heterocycles. The van der Waals surface area contributed by atoms with Gasteiger partial charge in [-0.1, -0.05) is 12.1 Å². The molecule has 100 valence electrons. The van der Waals surface area contributed by atoms with Crippen molar-refractivity contribution >= 4 is 10.0 Å². The lowest BCUT2D eigenvalue weighted by Crippen LogP contribution is -2.35. The highest BCUT2D eigenvalue weighted by molar-refractivity contribution is 7.89. The van der Waals surface area contributed by atoms with Gasteiger partial charge in [-0.25, -0.2) is 8.42 Å². The lowest BCUT2D eigenvalue weighted by molar-refractivity contribution is 0.250. The van der Waals surface area contributed by atoms with Gasteiger partial charge in [-0.3, -0.25) is 0 Å². The van der Waals surface area contributed by atoms with Crippen molar-refractivity contribution in [2.24, 2.45) is 5.73 Å². The van der Waals surface area contributed by atoms with Gasteiger partial charge in [0.15, 0.2) is 0 Å². The topological polar surface area (TPSA) is 83.6 Å².